The molecule has 1 aliphatic heterocycles. The van der Waals surface area contributed by atoms with Crippen LogP contribution >= 0.6 is 0 Å². The zero-order valence-corrected chi connectivity index (χ0v) is 17.6. The van der Waals surface area contributed by atoms with Gasteiger partial charge in [0.15, 0.2) is 0 Å². The van der Waals surface area contributed by atoms with Gasteiger partial charge in [0.05, 0.1) is 18.5 Å². The van der Waals surface area contributed by atoms with Crippen molar-refractivity contribution in [1.29, 1.82) is 0 Å². The first-order valence-corrected chi connectivity index (χ1v) is 9.97. The maximum absolute atomic E-state index is 10.6. The van der Waals surface area contributed by atoms with E-state index in [1.165, 1.54) is 0 Å². The summed E-state index contributed by atoms with van der Waals surface area (Å²) >= 11 is 0. The van der Waals surface area contributed by atoms with Crippen LogP contribution in [0.2, 0.25) is 0 Å². The van der Waals surface area contributed by atoms with Crippen LogP contribution in [-0.2, 0) is 4.79 Å². The molecule has 1 aromatic carbocycles. The van der Waals surface area contributed by atoms with E-state index in [0.29, 0.717) is 5.88 Å². The predicted molar refractivity (Wildman–Crippen MR) is 111 cm³/mol. The molecule has 0 bridgehead atoms. The number of benzene rings is 1. The van der Waals surface area contributed by atoms with Gasteiger partial charge < -0.3 is 19.9 Å². The number of methoxy groups -OCH3 is 1. The Hall–Kier alpha value is -3.67. The molecular formula is C21H22F3N5O4. The summed E-state index contributed by atoms with van der Waals surface area (Å²) in [6.45, 7) is 1.96. The van der Waals surface area contributed by atoms with Gasteiger partial charge in [0.25, 0.3) is 0 Å². The molecule has 0 saturated carbocycles. The van der Waals surface area contributed by atoms with Crippen molar-refractivity contribution < 1.29 is 32.5 Å². The molecule has 3 aromatic rings. The summed E-state index contributed by atoms with van der Waals surface area (Å²) in [6.07, 6.45) is 0.742. The molecule has 12 heteroatoms. The van der Waals surface area contributed by atoms with Crippen molar-refractivity contribution in [2.45, 2.75) is 25.1 Å². The molecule has 0 aliphatic carbocycles. The molecule has 1 aliphatic rings. The molecule has 0 radical (unpaired) electrons. The highest BCUT2D eigenvalue weighted by Crippen LogP contribution is 2.31. The van der Waals surface area contributed by atoms with E-state index in [4.69, 9.17) is 19.4 Å². The number of halogens is 3. The quantitative estimate of drug-likeness (QED) is 0.591. The van der Waals surface area contributed by atoms with Crippen molar-refractivity contribution in [2.24, 2.45) is 0 Å². The lowest BCUT2D eigenvalue weighted by atomic mass is 10.1. The number of nitrogens with one attached hydrogen (secondary N) is 1. The summed E-state index contributed by atoms with van der Waals surface area (Å²) < 4.78 is 45.0. The Morgan fingerprint density at radius 3 is 2.45 bits per heavy atom. The smallest absolute Gasteiger partial charge is 0.490 e. The molecule has 0 unspecified atom stereocenters. The summed E-state index contributed by atoms with van der Waals surface area (Å²) in [6, 6.07) is 11.5. The first-order chi connectivity index (χ1) is 15.8. The van der Waals surface area contributed by atoms with E-state index in [2.05, 4.69) is 20.6 Å². The molecule has 1 fully saturated rings. The lowest BCUT2D eigenvalue weighted by Crippen LogP contribution is -2.34. The van der Waals surface area contributed by atoms with Crippen molar-refractivity contribution in [2.75, 3.05) is 20.2 Å². The summed E-state index contributed by atoms with van der Waals surface area (Å²) in [5, 5.41) is 23.2. The van der Waals surface area contributed by atoms with Crippen LogP contribution in [0.25, 0.3) is 16.9 Å². The molecule has 0 amide bonds. The van der Waals surface area contributed by atoms with Crippen LogP contribution in [0.5, 0.6) is 11.6 Å². The molecule has 2 N–H and O–H groups in total. The maximum atomic E-state index is 10.6. The van der Waals surface area contributed by atoms with Gasteiger partial charge >= 0.3 is 12.1 Å². The number of carboxylic acid groups (broad SMARTS) is 1. The van der Waals surface area contributed by atoms with E-state index < -0.39 is 12.1 Å². The van der Waals surface area contributed by atoms with Crippen LogP contribution in [0.4, 0.5) is 13.2 Å². The molecular weight excluding hydrogens is 443 g/mol. The SMILES string of the molecule is COc1cc(-n2cccn2)ccc1-c1ccc(OC2CCNCC2)nn1.O=C(O)C(F)(F)F. The fraction of sp³-hybridized carbons (Fsp3) is 0.333. The number of carboxylic acids is 1. The number of hydrogen-bond acceptors (Lipinski definition) is 7. The monoisotopic (exact) mass is 465 g/mol. The first kappa shape index (κ1) is 24.0. The number of nitrogens with zero attached hydrogens (tertiary/aromatic N) is 4. The fourth-order valence-corrected chi connectivity index (χ4v) is 3.07. The van der Waals surface area contributed by atoms with Gasteiger partial charge in [-0.3, -0.25) is 0 Å². The zero-order chi connectivity index (χ0) is 23.8. The van der Waals surface area contributed by atoms with Gasteiger partial charge in [0, 0.05) is 30.1 Å². The zero-order valence-electron chi connectivity index (χ0n) is 17.6. The van der Waals surface area contributed by atoms with Crippen molar-refractivity contribution >= 4 is 5.97 Å². The van der Waals surface area contributed by atoms with Crippen LogP contribution in [0.15, 0.2) is 48.8 Å². The first-order valence-electron chi connectivity index (χ1n) is 9.97. The normalized spacial score (nSPS) is 14.2. The van der Waals surface area contributed by atoms with Crippen LogP contribution in [0.3, 0.4) is 0 Å². The number of aliphatic carboxylic acids is 1. The van der Waals surface area contributed by atoms with Gasteiger partial charge in [-0.05, 0) is 50.2 Å². The lowest BCUT2D eigenvalue weighted by Gasteiger charge is -2.22. The van der Waals surface area contributed by atoms with Gasteiger partial charge in [0.2, 0.25) is 5.88 Å². The third-order valence-electron chi connectivity index (χ3n) is 4.69. The molecule has 0 atom stereocenters. The highest BCUT2D eigenvalue weighted by atomic mass is 19.4. The maximum Gasteiger partial charge on any atom is 0.490 e. The molecule has 0 spiro atoms. The van der Waals surface area contributed by atoms with Gasteiger partial charge in [-0.15, -0.1) is 10.2 Å². The number of alkyl halides is 3. The largest absolute Gasteiger partial charge is 0.496 e. The Morgan fingerprint density at radius 2 is 1.91 bits per heavy atom. The van der Waals surface area contributed by atoms with E-state index in [9.17, 15) is 13.2 Å². The van der Waals surface area contributed by atoms with E-state index >= 15 is 0 Å². The molecule has 1 saturated heterocycles. The topological polar surface area (TPSA) is 111 Å². The predicted octanol–water partition coefficient (Wildman–Crippen LogP) is 3.10. The fourth-order valence-electron chi connectivity index (χ4n) is 3.07. The lowest BCUT2D eigenvalue weighted by molar-refractivity contribution is -0.192. The van der Waals surface area contributed by atoms with E-state index in [1.54, 1.807) is 18.0 Å². The van der Waals surface area contributed by atoms with Crippen molar-refractivity contribution in [1.82, 2.24) is 25.3 Å². The number of rotatable bonds is 5. The Balaban J connectivity index is 0.000000383. The highest BCUT2D eigenvalue weighted by molar-refractivity contribution is 5.73. The van der Waals surface area contributed by atoms with E-state index in [1.807, 2.05) is 42.6 Å². The van der Waals surface area contributed by atoms with Gasteiger partial charge in [-0.1, -0.05) is 0 Å². The summed E-state index contributed by atoms with van der Waals surface area (Å²) in [5.41, 5.74) is 2.55. The van der Waals surface area contributed by atoms with Crippen LogP contribution in [0.1, 0.15) is 12.8 Å². The highest BCUT2D eigenvalue weighted by Gasteiger charge is 2.38. The molecule has 2 aromatic heterocycles. The van der Waals surface area contributed by atoms with Gasteiger partial charge in [-0.25, -0.2) is 9.48 Å². The second-order valence-electron chi connectivity index (χ2n) is 6.96. The third-order valence-corrected chi connectivity index (χ3v) is 4.69. The Morgan fingerprint density at radius 1 is 1.18 bits per heavy atom. The summed E-state index contributed by atoms with van der Waals surface area (Å²) in [7, 11) is 1.65. The van der Waals surface area contributed by atoms with Crippen molar-refractivity contribution in [3.63, 3.8) is 0 Å². The minimum Gasteiger partial charge on any atom is -0.496 e. The van der Waals surface area contributed by atoms with Crippen LogP contribution in [0, 0.1) is 0 Å². The average molecular weight is 465 g/mol. The molecule has 33 heavy (non-hydrogen) atoms. The van der Waals surface area contributed by atoms with Crippen LogP contribution < -0.4 is 14.8 Å². The molecule has 176 valence electrons. The number of piperidine rings is 1. The standard InChI is InChI=1S/C19H21N5O2.C2HF3O2/c1-25-18-13-14(24-12-2-9-21-24)3-4-16(18)17-5-6-19(23-22-17)26-15-7-10-20-11-8-15;3-2(4,5)1(6)7/h2-6,9,12-13,15,20H,7-8,10-11H2,1H3;(H,6,7). The van der Waals surface area contributed by atoms with Crippen molar-refractivity contribution in [3.8, 4) is 28.6 Å². The Kier molecular flexibility index (Phi) is 7.83. The van der Waals surface area contributed by atoms with Gasteiger partial charge in [-0.2, -0.15) is 18.3 Å². The Labute approximate surface area is 187 Å². The van der Waals surface area contributed by atoms with Gasteiger partial charge in [0.1, 0.15) is 11.9 Å². The minimum atomic E-state index is -5.08. The number of hydrogen-bond donors (Lipinski definition) is 2. The van der Waals surface area contributed by atoms with Crippen molar-refractivity contribution in [3.05, 3.63) is 48.8 Å². The second-order valence-corrected chi connectivity index (χ2v) is 6.96. The molecule has 9 nitrogen and oxygen atoms in total. The minimum absolute atomic E-state index is 0.208. The number of ether oxygens (including phenoxy) is 2. The van der Waals surface area contributed by atoms with E-state index in [0.717, 1.165) is 48.6 Å². The molecule has 3 heterocycles. The number of carbonyl (C=O) groups is 1. The average Bonchev–Trinajstić information content (AvgIpc) is 3.35. The van der Waals surface area contributed by atoms with E-state index in [-0.39, 0.29) is 6.10 Å². The third kappa shape index (κ3) is 6.65. The second kappa shape index (κ2) is 10.8. The Bertz CT molecular complexity index is 1040. The molecule has 4 rings (SSSR count). The number of aromatic nitrogens is 4. The van der Waals surface area contributed by atoms with Crippen LogP contribution in [-0.4, -0.2) is 63.5 Å². The summed E-state index contributed by atoms with van der Waals surface area (Å²) in [4.78, 5) is 8.90. The summed E-state index contributed by atoms with van der Waals surface area (Å²) in [5.74, 6) is -1.47.